The van der Waals surface area contributed by atoms with E-state index in [1.807, 2.05) is 24.3 Å². The molecule has 0 spiro atoms. The molecule has 1 amide bonds. The van der Waals surface area contributed by atoms with Crippen LogP contribution in [0.1, 0.15) is 23.1 Å². The molecule has 0 aliphatic carbocycles. The Labute approximate surface area is 145 Å². The van der Waals surface area contributed by atoms with Crippen molar-refractivity contribution >= 4 is 5.91 Å². The zero-order valence-corrected chi connectivity index (χ0v) is 13.8. The number of nitrogens with two attached hydrogens (primary N) is 1. The van der Waals surface area contributed by atoms with Gasteiger partial charge in [0.15, 0.2) is 0 Å². The van der Waals surface area contributed by atoms with Crippen molar-refractivity contribution in [2.24, 2.45) is 5.73 Å². The number of aliphatic hydroxyl groups excluding tert-OH is 1. The molecule has 0 aliphatic rings. The molecule has 0 heterocycles. The van der Waals surface area contributed by atoms with Crippen molar-refractivity contribution in [1.82, 2.24) is 5.32 Å². The van der Waals surface area contributed by atoms with E-state index in [0.29, 0.717) is 31.5 Å². The number of halogens is 2. The Morgan fingerprint density at radius 1 is 1.08 bits per heavy atom. The molecule has 0 radical (unpaired) electrons. The van der Waals surface area contributed by atoms with E-state index in [1.165, 1.54) is 12.1 Å². The average Bonchev–Trinajstić information content (AvgIpc) is 2.52. The lowest BCUT2D eigenvalue weighted by atomic mass is 10.1. The summed E-state index contributed by atoms with van der Waals surface area (Å²) < 4.78 is 26.2. The Kier molecular flexibility index (Phi) is 7.03. The van der Waals surface area contributed by atoms with Crippen molar-refractivity contribution in [3.63, 3.8) is 0 Å². The van der Waals surface area contributed by atoms with E-state index in [0.717, 1.165) is 17.2 Å². The second kappa shape index (κ2) is 9.25. The van der Waals surface area contributed by atoms with Gasteiger partial charge in [0.25, 0.3) is 0 Å². The van der Waals surface area contributed by atoms with Crippen LogP contribution in [-0.4, -0.2) is 23.7 Å². The van der Waals surface area contributed by atoms with Gasteiger partial charge in [0.1, 0.15) is 11.6 Å². The maximum Gasteiger partial charge on any atom is 0.221 e. The van der Waals surface area contributed by atoms with Crippen LogP contribution in [0.5, 0.6) is 0 Å². The average molecular weight is 348 g/mol. The molecule has 0 aromatic heterocycles. The molecule has 2 aromatic carbocycles. The van der Waals surface area contributed by atoms with Gasteiger partial charge in [-0.25, -0.2) is 8.78 Å². The highest BCUT2D eigenvalue weighted by Crippen LogP contribution is 2.11. The molecule has 1 atom stereocenters. The first-order valence-corrected chi connectivity index (χ1v) is 8.12. The molecule has 0 saturated carbocycles. The molecule has 2 rings (SSSR count). The van der Waals surface area contributed by atoms with Crippen LogP contribution in [0.25, 0.3) is 0 Å². The topological polar surface area (TPSA) is 75.4 Å². The third kappa shape index (κ3) is 6.99. The summed E-state index contributed by atoms with van der Waals surface area (Å²) in [5, 5.41) is 13.1. The summed E-state index contributed by atoms with van der Waals surface area (Å²) in [7, 11) is 0. The summed E-state index contributed by atoms with van der Waals surface area (Å²) in [6.07, 6.45) is 0.365. The third-order valence-electron chi connectivity index (χ3n) is 3.77. The zero-order chi connectivity index (χ0) is 18.2. The predicted octanol–water partition coefficient (Wildman–Crippen LogP) is 2.08. The fourth-order valence-electron chi connectivity index (χ4n) is 2.62. The maximum absolute atomic E-state index is 13.1. The van der Waals surface area contributed by atoms with Crippen LogP contribution in [0.15, 0.2) is 42.5 Å². The monoisotopic (exact) mass is 348 g/mol. The second-order valence-corrected chi connectivity index (χ2v) is 6.06. The molecule has 0 bridgehead atoms. The SMILES string of the molecule is NC(=O)Cc1cccc(CNCC(O)CCc2cc(F)cc(F)c2)c1. The normalized spacial score (nSPS) is 12.1. The summed E-state index contributed by atoms with van der Waals surface area (Å²) in [5.41, 5.74) is 7.54. The molecule has 25 heavy (non-hydrogen) atoms. The molecule has 4 nitrogen and oxygen atoms in total. The molecule has 4 N–H and O–H groups in total. The largest absolute Gasteiger partial charge is 0.392 e. The summed E-state index contributed by atoms with van der Waals surface area (Å²) in [6, 6.07) is 10.9. The van der Waals surface area contributed by atoms with Crippen molar-refractivity contribution in [3.05, 3.63) is 70.8 Å². The number of nitrogens with one attached hydrogen (secondary N) is 1. The summed E-state index contributed by atoms with van der Waals surface area (Å²) >= 11 is 0. The number of hydrogen-bond acceptors (Lipinski definition) is 3. The number of amides is 1. The van der Waals surface area contributed by atoms with Gasteiger partial charge in [0.05, 0.1) is 12.5 Å². The maximum atomic E-state index is 13.1. The van der Waals surface area contributed by atoms with E-state index >= 15 is 0 Å². The van der Waals surface area contributed by atoms with Crippen molar-refractivity contribution in [2.75, 3.05) is 6.54 Å². The molecule has 0 fully saturated rings. The second-order valence-electron chi connectivity index (χ2n) is 6.06. The highest BCUT2D eigenvalue weighted by Gasteiger charge is 2.07. The fourth-order valence-corrected chi connectivity index (χ4v) is 2.62. The van der Waals surface area contributed by atoms with Crippen molar-refractivity contribution in [1.29, 1.82) is 0 Å². The van der Waals surface area contributed by atoms with Gasteiger partial charge in [-0.1, -0.05) is 24.3 Å². The Morgan fingerprint density at radius 2 is 1.76 bits per heavy atom. The zero-order valence-electron chi connectivity index (χ0n) is 13.8. The van der Waals surface area contributed by atoms with E-state index in [2.05, 4.69) is 5.32 Å². The molecule has 0 saturated heterocycles. The Balaban J connectivity index is 1.75. The summed E-state index contributed by atoms with van der Waals surface area (Å²) in [6.45, 7) is 0.899. The minimum absolute atomic E-state index is 0.195. The number of hydrogen-bond donors (Lipinski definition) is 3. The minimum Gasteiger partial charge on any atom is -0.392 e. The predicted molar refractivity (Wildman–Crippen MR) is 91.7 cm³/mol. The number of carbonyl (C=O) groups is 1. The van der Waals surface area contributed by atoms with Crippen LogP contribution in [0.2, 0.25) is 0 Å². The molecular weight excluding hydrogens is 326 g/mol. The molecule has 0 aliphatic heterocycles. The van der Waals surface area contributed by atoms with Crippen molar-refractivity contribution in [3.8, 4) is 0 Å². The Bertz CT molecular complexity index is 702. The first kappa shape index (κ1) is 19.0. The molecular formula is C19H22F2N2O2. The van der Waals surface area contributed by atoms with E-state index in [-0.39, 0.29) is 12.3 Å². The number of aryl methyl sites for hydroxylation is 1. The fraction of sp³-hybridized carbons (Fsp3) is 0.316. The Hall–Kier alpha value is -2.31. The summed E-state index contributed by atoms with van der Waals surface area (Å²) in [5.74, 6) is -1.61. The highest BCUT2D eigenvalue weighted by atomic mass is 19.1. The molecule has 6 heteroatoms. The van der Waals surface area contributed by atoms with Gasteiger partial charge < -0.3 is 16.2 Å². The van der Waals surface area contributed by atoms with Gasteiger partial charge in [0.2, 0.25) is 5.91 Å². The highest BCUT2D eigenvalue weighted by molar-refractivity contribution is 5.76. The van der Waals surface area contributed by atoms with Gasteiger partial charge >= 0.3 is 0 Å². The first-order chi connectivity index (χ1) is 11.9. The van der Waals surface area contributed by atoms with Crippen molar-refractivity contribution in [2.45, 2.75) is 31.9 Å². The van der Waals surface area contributed by atoms with Gasteiger partial charge in [0, 0.05) is 19.2 Å². The number of benzene rings is 2. The van der Waals surface area contributed by atoms with Gasteiger partial charge in [-0.05, 0) is 41.7 Å². The quantitative estimate of drug-likeness (QED) is 0.649. The lowest BCUT2D eigenvalue weighted by molar-refractivity contribution is -0.117. The van der Waals surface area contributed by atoms with Crippen LogP contribution in [0.4, 0.5) is 8.78 Å². The van der Waals surface area contributed by atoms with Crippen LogP contribution < -0.4 is 11.1 Å². The third-order valence-corrected chi connectivity index (χ3v) is 3.77. The Morgan fingerprint density at radius 3 is 2.44 bits per heavy atom. The molecule has 1 unspecified atom stereocenters. The lowest BCUT2D eigenvalue weighted by Crippen LogP contribution is -2.27. The molecule has 2 aromatic rings. The van der Waals surface area contributed by atoms with Crippen LogP contribution in [0, 0.1) is 11.6 Å². The lowest BCUT2D eigenvalue weighted by Gasteiger charge is -2.12. The number of rotatable bonds is 9. The number of primary amides is 1. The van der Waals surface area contributed by atoms with Crippen LogP contribution >= 0.6 is 0 Å². The van der Waals surface area contributed by atoms with Gasteiger partial charge in [-0.3, -0.25) is 4.79 Å². The van der Waals surface area contributed by atoms with Gasteiger partial charge in [-0.2, -0.15) is 0 Å². The number of carbonyl (C=O) groups excluding carboxylic acids is 1. The van der Waals surface area contributed by atoms with E-state index < -0.39 is 17.7 Å². The molecule has 134 valence electrons. The standard InChI is InChI=1S/C19H22F2N2O2/c20-16-7-14(8-17(21)10-16)4-5-18(24)12-23-11-15-3-1-2-13(6-15)9-19(22)25/h1-3,6-8,10,18,23-24H,4-5,9,11-12H2,(H2,22,25). The van der Waals surface area contributed by atoms with Gasteiger partial charge in [-0.15, -0.1) is 0 Å². The summed E-state index contributed by atoms with van der Waals surface area (Å²) in [4.78, 5) is 10.9. The van der Waals surface area contributed by atoms with Crippen LogP contribution in [-0.2, 0) is 24.2 Å². The van der Waals surface area contributed by atoms with E-state index in [9.17, 15) is 18.7 Å². The number of aliphatic hydroxyl groups is 1. The first-order valence-electron chi connectivity index (χ1n) is 8.12. The van der Waals surface area contributed by atoms with Crippen molar-refractivity contribution < 1.29 is 18.7 Å². The van der Waals surface area contributed by atoms with Crippen LogP contribution in [0.3, 0.4) is 0 Å². The minimum atomic E-state index is -0.625. The van der Waals surface area contributed by atoms with E-state index in [4.69, 9.17) is 5.73 Å². The van der Waals surface area contributed by atoms with E-state index in [1.54, 1.807) is 0 Å². The smallest absolute Gasteiger partial charge is 0.221 e.